The van der Waals surface area contributed by atoms with E-state index in [0.29, 0.717) is 22.9 Å². The molecule has 10 heteroatoms. The van der Waals surface area contributed by atoms with Crippen LogP contribution < -0.4 is 0 Å². The molecule has 1 unspecified atom stereocenters. The largest absolute Gasteiger partial charge is 0.467 e. The molecule has 3 heterocycles. The van der Waals surface area contributed by atoms with Gasteiger partial charge in [0, 0.05) is 11.4 Å². The van der Waals surface area contributed by atoms with Gasteiger partial charge in [-0.05, 0) is 42.0 Å². The number of hydrogen-bond acceptors (Lipinski definition) is 7. The lowest BCUT2D eigenvalue weighted by Crippen LogP contribution is -2.37. The van der Waals surface area contributed by atoms with Gasteiger partial charge in [0.05, 0.1) is 23.1 Å². The summed E-state index contributed by atoms with van der Waals surface area (Å²) >= 11 is 5.97. The molecule has 2 aliphatic heterocycles. The highest BCUT2D eigenvalue weighted by molar-refractivity contribution is 6.30. The van der Waals surface area contributed by atoms with Gasteiger partial charge in [0.1, 0.15) is 18.3 Å². The Morgan fingerprint density at radius 2 is 1.69 bits per heavy atom. The molecule has 0 fully saturated rings. The highest BCUT2D eigenvalue weighted by Gasteiger charge is 2.38. The highest BCUT2D eigenvalue weighted by atomic mass is 35.5. The zero-order valence-electron chi connectivity index (χ0n) is 18.2. The van der Waals surface area contributed by atoms with Crippen molar-refractivity contribution in [3.05, 3.63) is 94.4 Å². The molecule has 1 atom stereocenters. The van der Waals surface area contributed by atoms with E-state index in [1.807, 2.05) is 0 Å². The second-order valence-electron chi connectivity index (χ2n) is 7.93. The summed E-state index contributed by atoms with van der Waals surface area (Å²) in [6.45, 7) is -1.21. The zero-order valence-corrected chi connectivity index (χ0v) is 19.0. The van der Waals surface area contributed by atoms with Crippen LogP contribution in [0.2, 0.25) is 5.02 Å². The molecule has 0 N–H and O–H groups in total. The van der Waals surface area contributed by atoms with Crippen LogP contribution in [0.5, 0.6) is 0 Å². The third-order valence-corrected chi connectivity index (χ3v) is 5.99. The topological polar surface area (TPSA) is 109 Å². The van der Waals surface area contributed by atoms with Gasteiger partial charge in [-0.25, -0.2) is 5.01 Å². The molecule has 0 spiro atoms. The molecular formula is C25H18ClN3O6. The summed E-state index contributed by atoms with van der Waals surface area (Å²) in [4.78, 5) is 51.0. The first-order valence-electron chi connectivity index (χ1n) is 10.7. The van der Waals surface area contributed by atoms with Crippen molar-refractivity contribution in [2.75, 3.05) is 13.2 Å². The van der Waals surface area contributed by atoms with Gasteiger partial charge in [0.2, 0.25) is 0 Å². The van der Waals surface area contributed by atoms with Crippen molar-refractivity contribution >= 4 is 41.0 Å². The first-order chi connectivity index (χ1) is 16.9. The Hall–Kier alpha value is -4.24. The molecule has 2 aromatic carbocycles. The number of ether oxygens (including phenoxy) is 1. The van der Waals surface area contributed by atoms with Crippen molar-refractivity contribution in [3.8, 4) is 0 Å². The molecule has 2 aliphatic rings. The maximum Gasteiger partial charge on any atom is 0.326 e. The Kier molecular flexibility index (Phi) is 5.92. The molecule has 35 heavy (non-hydrogen) atoms. The second-order valence-corrected chi connectivity index (χ2v) is 8.37. The Balaban J connectivity index is 1.26. The number of furan rings is 1. The highest BCUT2D eigenvalue weighted by Crippen LogP contribution is 2.33. The minimum Gasteiger partial charge on any atom is -0.467 e. The number of fused-ring (bicyclic) bond motifs is 1. The van der Waals surface area contributed by atoms with Crippen molar-refractivity contribution < 1.29 is 28.3 Å². The van der Waals surface area contributed by atoms with Gasteiger partial charge in [-0.2, -0.15) is 5.10 Å². The lowest BCUT2D eigenvalue weighted by atomic mass is 10.0. The number of halogens is 1. The smallest absolute Gasteiger partial charge is 0.326 e. The van der Waals surface area contributed by atoms with Gasteiger partial charge < -0.3 is 9.15 Å². The van der Waals surface area contributed by atoms with Gasteiger partial charge >= 0.3 is 5.97 Å². The van der Waals surface area contributed by atoms with Crippen LogP contribution in [0.25, 0.3) is 0 Å². The molecule has 0 saturated carbocycles. The van der Waals surface area contributed by atoms with Gasteiger partial charge in [-0.3, -0.25) is 24.1 Å². The fourth-order valence-electron chi connectivity index (χ4n) is 4.03. The van der Waals surface area contributed by atoms with Crippen LogP contribution in [-0.4, -0.2) is 52.5 Å². The summed E-state index contributed by atoms with van der Waals surface area (Å²) in [6.07, 6.45) is 1.89. The van der Waals surface area contributed by atoms with Crippen LogP contribution >= 0.6 is 11.6 Å². The summed E-state index contributed by atoms with van der Waals surface area (Å²) < 4.78 is 10.6. The Morgan fingerprint density at radius 3 is 2.31 bits per heavy atom. The van der Waals surface area contributed by atoms with Gasteiger partial charge in [-0.1, -0.05) is 35.9 Å². The van der Waals surface area contributed by atoms with E-state index in [2.05, 4.69) is 5.10 Å². The lowest BCUT2D eigenvalue weighted by molar-refractivity contribution is -0.153. The van der Waals surface area contributed by atoms with E-state index < -0.39 is 42.9 Å². The van der Waals surface area contributed by atoms with E-state index in [-0.39, 0.29) is 11.1 Å². The average Bonchev–Trinajstić information content (AvgIpc) is 3.60. The average molecular weight is 492 g/mol. The molecule has 0 aliphatic carbocycles. The summed E-state index contributed by atoms with van der Waals surface area (Å²) in [5.41, 5.74) is 1.89. The zero-order chi connectivity index (χ0) is 24.5. The minimum absolute atomic E-state index is 0.226. The van der Waals surface area contributed by atoms with E-state index in [0.717, 1.165) is 10.5 Å². The van der Waals surface area contributed by atoms with Crippen molar-refractivity contribution in [2.45, 2.75) is 12.5 Å². The quantitative estimate of drug-likeness (QED) is 0.386. The van der Waals surface area contributed by atoms with E-state index >= 15 is 0 Å². The second kappa shape index (κ2) is 9.19. The third kappa shape index (κ3) is 4.33. The number of hydrazone groups is 1. The molecule has 176 valence electrons. The number of carbonyl (C=O) groups excluding carboxylic acids is 4. The molecule has 9 nitrogen and oxygen atoms in total. The van der Waals surface area contributed by atoms with E-state index in [1.165, 1.54) is 23.4 Å². The molecule has 5 rings (SSSR count). The number of esters is 1. The van der Waals surface area contributed by atoms with Crippen LogP contribution in [0.4, 0.5) is 0 Å². The molecule has 0 bridgehead atoms. The predicted molar refractivity (Wildman–Crippen MR) is 124 cm³/mol. The number of benzene rings is 2. The van der Waals surface area contributed by atoms with Crippen LogP contribution in [0, 0.1) is 0 Å². The first kappa shape index (κ1) is 22.5. The van der Waals surface area contributed by atoms with Crippen LogP contribution in [0.3, 0.4) is 0 Å². The number of rotatable bonds is 6. The lowest BCUT2D eigenvalue weighted by Gasteiger charge is -2.20. The third-order valence-electron chi connectivity index (χ3n) is 5.74. The van der Waals surface area contributed by atoms with Crippen LogP contribution in [0.15, 0.2) is 76.4 Å². The van der Waals surface area contributed by atoms with Crippen molar-refractivity contribution in [3.63, 3.8) is 0 Å². The Bertz CT molecular complexity index is 1310. The monoisotopic (exact) mass is 491 g/mol. The maximum absolute atomic E-state index is 13.0. The van der Waals surface area contributed by atoms with Gasteiger partial charge in [0.25, 0.3) is 17.7 Å². The van der Waals surface area contributed by atoms with Crippen molar-refractivity contribution in [1.82, 2.24) is 9.91 Å². The van der Waals surface area contributed by atoms with E-state index in [4.69, 9.17) is 20.8 Å². The first-order valence-corrected chi connectivity index (χ1v) is 11.1. The van der Waals surface area contributed by atoms with Gasteiger partial charge in [0.15, 0.2) is 6.61 Å². The molecular weight excluding hydrogens is 474 g/mol. The fraction of sp³-hybridized carbons (Fsp3) is 0.160. The number of hydrogen-bond donors (Lipinski definition) is 0. The van der Waals surface area contributed by atoms with Gasteiger partial charge in [-0.15, -0.1) is 0 Å². The van der Waals surface area contributed by atoms with Crippen molar-refractivity contribution in [1.29, 1.82) is 0 Å². The normalized spacial score (nSPS) is 16.9. The summed E-state index contributed by atoms with van der Waals surface area (Å²) in [6, 6.07) is 16.3. The van der Waals surface area contributed by atoms with E-state index in [9.17, 15) is 19.2 Å². The number of amides is 3. The Labute approximate surface area is 204 Å². The molecule has 0 saturated heterocycles. The number of imide groups is 1. The molecule has 0 radical (unpaired) electrons. The van der Waals surface area contributed by atoms with Crippen molar-refractivity contribution in [2.24, 2.45) is 5.10 Å². The fourth-order valence-corrected chi connectivity index (χ4v) is 4.15. The van der Waals surface area contributed by atoms with Crippen LogP contribution in [0.1, 0.15) is 44.5 Å². The number of carbonyl (C=O) groups is 4. The summed E-state index contributed by atoms with van der Waals surface area (Å²) in [5, 5.41) is 6.24. The summed E-state index contributed by atoms with van der Waals surface area (Å²) in [5.74, 6) is -2.09. The predicted octanol–water partition coefficient (Wildman–Crippen LogP) is 3.45. The Morgan fingerprint density at radius 1 is 1.00 bits per heavy atom. The van der Waals surface area contributed by atoms with Crippen LogP contribution in [-0.2, 0) is 14.3 Å². The number of nitrogens with zero attached hydrogens (tertiary/aromatic N) is 3. The molecule has 3 amide bonds. The standard InChI is InChI=1S/C25H18ClN3O6/c26-16-9-7-15(8-10-16)19-12-20(21-6-3-11-34-21)29(27-19)22(30)14-35-23(31)13-28-24(32)17-4-1-2-5-18(17)25(28)33/h1-11,20H,12-14H2. The maximum atomic E-state index is 13.0. The SMILES string of the molecule is O=C(CN1C(=O)c2ccccc2C1=O)OCC(=O)N1N=C(c2ccc(Cl)cc2)CC1c1ccco1. The molecule has 1 aromatic heterocycles. The molecule has 3 aromatic rings. The minimum atomic E-state index is -0.886. The summed E-state index contributed by atoms with van der Waals surface area (Å²) in [7, 11) is 0. The van der Waals surface area contributed by atoms with E-state index in [1.54, 1.807) is 48.5 Å².